The number of fused-ring (bicyclic) bond motifs is 3. The Hall–Kier alpha value is -3.30. The summed E-state index contributed by atoms with van der Waals surface area (Å²) in [5, 5.41) is 10.2. The Labute approximate surface area is 179 Å². The Morgan fingerprint density at radius 3 is 2.67 bits per heavy atom. The van der Waals surface area contributed by atoms with Crippen LogP contribution in [0, 0.1) is 18.3 Å². The van der Waals surface area contributed by atoms with Crippen molar-refractivity contribution in [1.29, 1.82) is 5.26 Å². The number of Topliss-reactive ketones (excluding diaryl/α,β-unsaturated/α-hetero) is 1. The first kappa shape index (κ1) is 20.0. The van der Waals surface area contributed by atoms with Crippen molar-refractivity contribution in [1.82, 2.24) is 9.38 Å². The van der Waals surface area contributed by atoms with Gasteiger partial charge in [0.1, 0.15) is 11.8 Å². The maximum atomic E-state index is 13.0. The number of nitriles is 1. The van der Waals surface area contributed by atoms with E-state index in [4.69, 9.17) is 4.74 Å². The highest BCUT2D eigenvalue weighted by Crippen LogP contribution is 2.32. The standard InChI is InChI=1S/C24H21N3O2S/c1-4-29-18-11-9-17(10-12-18)23(28)16(3)30-22-13-15(2)19(14-25)24-26-20-7-5-6-8-21(20)27(22)24/h5-13,16H,4H2,1-3H3/t16-/m1/s1. The Morgan fingerprint density at radius 1 is 1.23 bits per heavy atom. The van der Waals surface area contributed by atoms with Crippen molar-refractivity contribution in [2.24, 2.45) is 0 Å². The number of ether oxygens (including phenoxy) is 1. The first-order valence-electron chi connectivity index (χ1n) is 9.78. The van der Waals surface area contributed by atoms with Gasteiger partial charge in [0.15, 0.2) is 11.4 Å². The smallest absolute Gasteiger partial charge is 0.175 e. The number of rotatable bonds is 6. The molecule has 2 aromatic carbocycles. The first-order chi connectivity index (χ1) is 14.5. The van der Waals surface area contributed by atoms with Gasteiger partial charge in [-0.25, -0.2) is 4.98 Å². The van der Waals surface area contributed by atoms with Crippen LogP contribution >= 0.6 is 11.8 Å². The summed E-state index contributed by atoms with van der Waals surface area (Å²) in [5.74, 6) is 0.797. The minimum Gasteiger partial charge on any atom is -0.494 e. The van der Waals surface area contributed by atoms with Gasteiger partial charge in [-0.3, -0.25) is 9.20 Å². The number of hydrogen-bond donors (Lipinski definition) is 0. The number of imidazole rings is 1. The third kappa shape index (κ3) is 3.53. The van der Waals surface area contributed by atoms with Crippen molar-refractivity contribution >= 4 is 34.2 Å². The molecule has 0 aliphatic rings. The SMILES string of the molecule is CCOc1ccc(C(=O)[C@@H](C)Sc2cc(C)c(C#N)c3nc4ccccc4n23)cc1. The normalized spacial score (nSPS) is 12.1. The monoisotopic (exact) mass is 415 g/mol. The summed E-state index contributed by atoms with van der Waals surface area (Å²) in [5.41, 5.74) is 4.43. The summed E-state index contributed by atoms with van der Waals surface area (Å²) < 4.78 is 7.44. The average molecular weight is 416 g/mol. The Morgan fingerprint density at radius 2 is 1.97 bits per heavy atom. The quantitative estimate of drug-likeness (QED) is 0.310. The fourth-order valence-corrected chi connectivity index (χ4v) is 4.63. The van der Waals surface area contributed by atoms with Gasteiger partial charge in [-0.15, -0.1) is 0 Å². The molecular formula is C24H21N3O2S. The Kier molecular flexibility index (Phi) is 5.47. The first-order valence-corrected chi connectivity index (χ1v) is 10.7. The molecule has 0 bridgehead atoms. The predicted molar refractivity (Wildman–Crippen MR) is 119 cm³/mol. The van der Waals surface area contributed by atoms with Gasteiger partial charge in [-0.2, -0.15) is 5.26 Å². The second kappa shape index (κ2) is 8.21. The van der Waals surface area contributed by atoms with Crippen LogP contribution in [-0.2, 0) is 0 Å². The molecule has 4 rings (SSSR count). The molecule has 5 nitrogen and oxygen atoms in total. The van der Waals surface area contributed by atoms with E-state index in [0.29, 0.717) is 23.4 Å². The van der Waals surface area contributed by atoms with Crippen LogP contribution in [0.2, 0.25) is 0 Å². The van der Waals surface area contributed by atoms with Gasteiger partial charge >= 0.3 is 0 Å². The molecule has 0 saturated carbocycles. The van der Waals surface area contributed by atoms with E-state index in [-0.39, 0.29) is 11.0 Å². The zero-order valence-electron chi connectivity index (χ0n) is 17.0. The van der Waals surface area contributed by atoms with Gasteiger partial charge in [-0.1, -0.05) is 23.9 Å². The van der Waals surface area contributed by atoms with E-state index in [1.54, 1.807) is 12.1 Å². The number of aromatic nitrogens is 2. The maximum Gasteiger partial charge on any atom is 0.175 e. The van der Waals surface area contributed by atoms with E-state index in [1.165, 1.54) is 11.8 Å². The molecule has 150 valence electrons. The lowest BCUT2D eigenvalue weighted by molar-refractivity contribution is 0.0994. The number of nitrogens with zero attached hydrogens (tertiary/aromatic N) is 3. The molecule has 0 saturated heterocycles. The largest absolute Gasteiger partial charge is 0.494 e. The number of para-hydroxylation sites is 2. The summed E-state index contributed by atoms with van der Waals surface area (Å²) in [6, 6.07) is 19.3. The second-order valence-electron chi connectivity index (χ2n) is 6.99. The van der Waals surface area contributed by atoms with E-state index in [1.807, 2.05) is 67.6 Å². The molecular weight excluding hydrogens is 394 g/mol. The van der Waals surface area contributed by atoms with Gasteiger partial charge in [0.2, 0.25) is 0 Å². The molecule has 30 heavy (non-hydrogen) atoms. The van der Waals surface area contributed by atoms with Crippen LogP contribution in [0.3, 0.4) is 0 Å². The Balaban J connectivity index is 1.73. The number of benzene rings is 2. The van der Waals surface area contributed by atoms with Crippen molar-refractivity contribution in [2.75, 3.05) is 6.61 Å². The molecule has 0 radical (unpaired) electrons. The van der Waals surface area contributed by atoms with Crippen LogP contribution in [0.15, 0.2) is 59.6 Å². The predicted octanol–water partition coefficient (Wildman–Crippen LogP) is 5.43. The fraction of sp³-hybridized carbons (Fsp3) is 0.208. The summed E-state index contributed by atoms with van der Waals surface area (Å²) in [6.07, 6.45) is 0. The van der Waals surface area contributed by atoms with Crippen LogP contribution in [0.1, 0.15) is 35.3 Å². The third-order valence-corrected chi connectivity index (χ3v) is 6.08. The van der Waals surface area contributed by atoms with Crippen LogP contribution in [0.4, 0.5) is 0 Å². The van der Waals surface area contributed by atoms with E-state index in [9.17, 15) is 10.1 Å². The van der Waals surface area contributed by atoms with Gasteiger partial charge < -0.3 is 4.74 Å². The molecule has 1 atom stereocenters. The average Bonchev–Trinajstić information content (AvgIpc) is 3.13. The summed E-state index contributed by atoms with van der Waals surface area (Å²) >= 11 is 1.48. The lowest BCUT2D eigenvalue weighted by Gasteiger charge is -2.14. The zero-order valence-corrected chi connectivity index (χ0v) is 17.9. The summed E-state index contributed by atoms with van der Waals surface area (Å²) in [6.45, 7) is 6.33. The van der Waals surface area contributed by atoms with Gasteiger partial charge in [0.25, 0.3) is 0 Å². The highest BCUT2D eigenvalue weighted by Gasteiger charge is 2.21. The number of aryl methyl sites for hydroxylation is 1. The Bertz CT molecular complexity index is 1290. The third-order valence-electron chi connectivity index (χ3n) is 4.97. The van der Waals surface area contributed by atoms with Crippen molar-refractivity contribution < 1.29 is 9.53 Å². The van der Waals surface area contributed by atoms with Gasteiger partial charge in [0, 0.05) is 5.56 Å². The van der Waals surface area contributed by atoms with Gasteiger partial charge in [0.05, 0.1) is 33.5 Å². The molecule has 0 N–H and O–H groups in total. The highest BCUT2D eigenvalue weighted by atomic mass is 32.2. The zero-order chi connectivity index (χ0) is 21.3. The summed E-state index contributed by atoms with van der Waals surface area (Å²) in [7, 11) is 0. The number of ketones is 1. The molecule has 2 heterocycles. The number of carbonyl (C=O) groups excluding carboxylic acids is 1. The van der Waals surface area contributed by atoms with Crippen LogP contribution in [0.5, 0.6) is 5.75 Å². The fourth-order valence-electron chi connectivity index (χ4n) is 3.49. The van der Waals surface area contributed by atoms with E-state index >= 15 is 0 Å². The molecule has 2 aromatic heterocycles. The molecule has 0 amide bonds. The van der Waals surface area contributed by atoms with Crippen LogP contribution in [-0.4, -0.2) is 27.0 Å². The molecule has 0 aliphatic carbocycles. The summed E-state index contributed by atoms with van der Waals surface area (Å²) in [4.78, 5) is 17.7. The van der Waals surface area contributed by atoms with Crippen molar-refractivity contribution in [3.05, 3.63) is 71.3 Å². The number of thioether (sulfide) groups is 1. The topological polar surface area (TPSA) is 67.4 Å². The highest BCUT2D eigenvalue weighted by molar-refractivity contribution is 8.00. The van der Waals surface area contributed by atoms with Crippen LogP contribution in [0.25, 0.3) is 16.7 Å². The minimum atomic E-state index is -0.306. The number of pyridine rings is 1. The number of carbonyl (C=O) groups is 1. The number of hydrogen-bond acceptors (Lipinski definition) is 5. The van der Waals surface area contributed by atoms with Crippen molar-refractivity contribution in [2.45, 2.75) is 31.0 Å². The molecule has 0 spiro atoms. The van der Waals surface area contributed by atoms with Crippen molar-refractivity contribution in [3.8, 4) is 11.8 Å². The second-order valence-corrected chi connectivity index (χ2v) is 8.35. The van der Waals surface area contributed by atoms with Crippen LogP contribution < -0.4 is 4.74 Å². The molecule has 6 heteroatoms. The van der Waals surface area contributed by atoms with Gasteiger partial charge in [-0.05, 0) is 68.8 Å². The molecule has 0 unspecified atom stereocenters. The molecule has 0 fully saturated rings. The minimum absolute atomic E-state index is 0.0441. The lowest BCUT2D eigenvalue weighted by Crippen LogP contribution is -2.14. The lowest BCUT2D eigenvalue weighted by atomic mass is 10.1. The van der Waals surface area contributed by atoms with E-state index in [2.05, 4.69) is 11.1 Å². The van der Waals surface area contributed by atoms with E-state index < -0.39 is 0 Å². The van der Waals surface area contributed by atoms with Crippen molar-refractivity contribution in [3.63, 3.8) is 0 Å². The van der Waals surface area contributed by atoms with E-state index in [0.717, 1.165) is 27.4 Å². The maximum absolute atomic E-state index is 13.0. The molecule has 0 aliphatic heterocycles. The molecule has 4 aromatic rings.